The fraction of sp³-hybridized carbons (Fsp3) is 0.412. The first-order valence-electron chi connectivity index (χ1n) is 7.81. The van der Waals surface area contributed by atoms with Gasteiger partial charge in [-0.05, 0) is 30.7 Å². The SMILES string of the molecule is COc1ccc2nc(OCCCN3CCNC(=O)C3)ccc2c1. The molecule has 0 spiro atoms. The maximum Gasteiger partial charge on any atom is 0.234 e. The summed E-state index contributed by atoms with van der Waals surface area (Å²) in [6.07, 6.45) is 0.871. The predicted molar refractivity (Wildman–Crippen MR) is 87.9 cm³/mol. The highest BCUT2D eigenvalue weighted by molar-refractivity contribution is 5.80. The van der Waals surface area contributed by atoms with Crippen LogP contribution in [0.25, 0.3) is 10.9 Å². The maximum absolute atomic E-state index is 11.3. The summed E-state index contributed by atoms with van der Waals surface area (Å²) in [6, 6.07) is 9.62. The number of aromatic nitrogens is 1. The Balaban J connectivity index is 1.50. The van der Waals surface area contributed by atoms with E-state index in [2.05, 4.69) is 15.2 Å². The lowest BCUT2D eigenvalue weighted by Gasteiger charge is -2.26. The third kappa shape index (κ3) is 4.10. The normalized spacial score (nSPS) is 15.4. The number of piperazine rings is 1. The number of amides is 1. The Kier molecular flexibility index (Phi) is 4.92. The predicted octanol–water partition coefficient (Wildman–Crippen LogP) is 1.44. The van der Waals surface area contributed by atoms with Crippen LogP contribution in [-0.2, 0) is 4.79 Å². The Morgan fingerprint density at radius 2 is 2.22 bits per heavy atom. The summed E-state index contributed by atoms with van der Waals surface area (Å²) >= 11 is 0. The van der Waals surface area contributed by atoms with Gasteiger partial charge in [-0.1, -0.05) is 0 Å². The van der Waals surface area contributed by atoms with Crippen LogP contribution < -0.4 is 14.8 Å². The molecule has 0 aliphatic carbocycles. The monoisotopic (exact) mass is 315 g/mol. The fourth-order valence-corrected chi connectivity index (χ4v) is 2.64. The van der Waals surface area contributed by atoms with Crippen molar-refractivity contribution in [3.8, 4) is 11.6 Å². The Bertz CT molecular complexity index is 690. The minimum absolute atomic E-state index is 0.101. The molecule has 6 nitrogen and oxygen atoms in total. The van der Waals surface area contributed by atoms with E-state index in [0.29, 0.717) is 19.0 Å². The van der Waals surface area contributed by atoms with Crippen molar-refractivity contribution in [1.29, 1.82) is 0 Å². The van der Waals surface area contributed by atoms with Gasteiger partial charge in [0.05, 0.1) is 25.8 Å². The molecule has 1 amide bonds. The maximum atomic E-state index is 11.3. The van der Waals surface area contributed by atoms with E-state index in [9.17, 15) is 4.79 Å². The van der Waals surface area contributed by atoms with Gasteiger partial charge in [-0.3, -0.25) is 9.69 Å². The van der Waals surface area contributed by atoms with Gasteiger partial charge in [0, 0.05) is 31.1 Å². The number of nitrogens with one attached hydrogen (secondary N) is 1. The Hall–Kier alpha value is -2.34. The van der Waals surface area contributed by atoms with Crippen molar-refractivity contribution in [3.63, 3.8) is 0 Å². The summed E-state index contributed by atoms with van der Waals surface area (Å²) in [7, 11) is 1.65. The van der Waals surface area contributed by atoms with E-state index >= 15 is 0 Å². The van der Waals surface area contributed by atoms with Gasteiger partial charge in [0.25, 0.3) is 0 Å². The van der Waals surface area contributed by atoms with E-state index in [0.717, 1.165) is 42.7 Å². The van der Waals surface area contributed by atoms with Gasteiger partial charge in [-0.2, -0.15) is 0 Å². The van der Waals surface area contributed by atoms with Crippen molar-refractivity contribution >= 4 is 16.8 Å². The van der Waals surface area contributed by atoms with E-state index in [1.807, 2.05) is 30.3 Å². The molecule has 2 heterocycles. The summed E-state index contributed by atoms with van der Waals surface area (Å²) in [5.41, 5.74) is 0.885. The molecule has 122 valence electrons. The molecule has 0 bridgehead atoms. The van der Waals surface area contributed by atoms with Gasteiger partial charge in [-0.25, -0.2) is 4.98 Å². The number of rotatable bonds is 6. The molecule has 1 aromatic carbocycles. The Morgan fingerprint density at radius 3 is 3.04 bits per heavy atom. The molecule has 0 unspecified atom stereocenters. The number of methoxy groups -OCH3 is 1. The summed E-state index contributed by atoms with van der Waals surface area (Å²) in [4.78, 5) is 17.9. The van der Waals surface area contributed by atoms with Crippen LogP contribution in [0.15, 0.2) is 30.3 Å². The third-order valence-corrected chi connectivity index (χ3v) is 3.86. The highest BCUT2D eigenvalue weighted by Gasteiger charge is 2.15. The summed E-state index contributed by atoms with van der Waals surface area (Å²) in [5, 5.41) is 3.85. The fourth-order valence-electron chi connectivity index (χ4n) is 2.64. The standard InChI is InChI=1S/C17H21N3O3/c1-22-14-4-5-15-13(11-14)3-6-17(19-15)23-10-2-8-20-9-7-18-16(21)12-20/h3-6,11H,2,7-10,12H2,1H3,(H,18,21). The lowest BCUT2D eigenvalue weighted by molar-refractivity contribution is -0.124. The number of carbonyl (C=O) groups is 1. The van der Waals surface area contributed by atoms with Crippen LogP contribution in [0, 0.1) is 0 Å². The lowest BCUT2D eigenvalue weighted by Crippen LogP contribution is -2.47. The molecule has 1 aromatic heterocycles. The number of fused-ring (bicyclic) bond motifs is 1. The average molecular weight is 315 g/mol. The molecule has 1 aliphatic heterocycles. The van der Waals surface area contributed by atoms with Crippen molar-refractivity contribution in [2.75, 3.05) is 39.9 Å². The first kappa shape index (κ1) is 15.6. The van der Waals surface area contributed by atoms with Crippen LogP contribution in [-0.4, -0.2) is 55.7 Å². The Morgan fingerprint density at radius 1 is 1.30 bits per heavy atom. The molecular formula is C17H21N3O3. The van der Waals surface area contributed by atoms with E-state index in [4.69, 9.17) is 9.47 Å². The number of pyridine rings is 1. The van der Waals surface area contributed by atoms with E-state index in [1.54, 1.807) is 7.11 Å². The zero-order valence-electron chi connectivity index (χ0n) is 13.2. The number of hydrogen-bond acceptors (Lipinski definition) is 5. The van der Waals surface area contributed by atoms with Crippen LogP contribution >= 0.6 is 0 Å². The lowest BCUT2D eigenvalue weighted by atomic mass is 10.2. The summed E-state index contributed by atoms with van der Waals surface area (Å²) in [5.74, 6) is 1.54. The van der Waals surface area contributed by atoms with Crippen molar-refractivity contribution < 1.29 is 14.3 Å². The summed E-state index contributed by atoms with van der Waals surface area (Å²) < 4.78 is 10.9. The second-order valence-corrected chi connectivity index (χ2v) is 5.54. The zero-order chi connectivity index (χ0) is 16.1. The second-order valence-electron chi connectivity index (χ2n) is 5.54. The van der Waals surface area contributed by atoms with Crippen molar-refractivity contribution in [3.05, 3.63) is 30.3 Å². The van der Waals surface area contributed by atoms with Crippen LogP contribution in [0.4, 0.5) is 0 Å². The van der Waals surface area contributed by atoms with Crippen molar-refractivity contribution in [2.24, 2.45) is 0 Å². The molecule has 0 saturated carbocycles. The third-order valence-electron chi connectivity index (χ3n) is 3.86. The average Bonchev–Trinajstić information content (AvgIpc) is 2.58. The van der Waals surface area contributed by atoms with E-state index < -0.39 is 0 Å². The molecule has 2 aromatic rings. The second kappa shape index (κ2) is 7.28. The van der Waals surface area contributed by atoms with Gasteiger partial charge >= 0.3 is 0 Å². The molecule has 1 N–H and O–H groups in total. The van der Waals surface area contributed by atoms with Gasteiger partial charge in [-0.15, -0.1) is 0 Å². The van der Waals surface area contributed by atoms with Crippen LogP contribution in [0.2, 0.25) is 0 Å². The molecule has 1 aliphatic rings. The number of carbonyl (C=O) groups excluding carboxylic acids is 1. The molecule has 0 atom stereocenters. The Labute approximate surface area is 135 Å². The minimum Gasteiger partial charge on any atom is -0.497 e. The number of benzene rings is 1. The van der Waals surface area contributed by atoms with Gasteiger partial charge in [0.1, 0.15) is 5.75 Å². The van der Waals surface area contributed by atoms with E-state index in [1.165, 1.54) is 0 Å². The van der Waals surface area contributed by atoms with Crippen LogP contribution in [0.5, 0.6) is 11.6 Å². The van der Waals surface area contributed by atoms with Crippen molar-refractivity contribution in [2.45, 2.75) is 6.42 Å². The molecule has 6 heteroatoms. The molecule has 3 rings (SSSR count). The largest absolute Gasteiger partial charge is 0.497 e. The van der Waals surface area contributed by atoms with Gasteiger partial charge in [0.15, 0.2) is 0 Å². The molecule has 1 saturated heterocycles. The molecule has 1 fully saturated rings. The number of nitrogens with zero attached hydrogens (tertiary/aromatic N) is 2. The number of hydrogen-bond donors (Lipinski definition) is 1. The highest BCUT2D eigenvalue weighted by atomic mass is 16.5. The summed E-state index contributed by atoms with van der Waals surface area (Å²) in [6.45, 7) is 3.57. The minimum atomic E-state index is 0.101. The highest BCUT2D eigenvalue weighted by Crippen LogP contribution is 2.21. The topological polar surface area (TPSA) is 63.7 Å². The molecule has 0 radical (unpaired) electrons. The van der Waals surface area contributed by atoms with Crippen LogP contribution in [0.1, 0.15) is 6.42 Å². The first-order valence-corrected chi connectivity index (χ1v) is 7.81. The smallest absolute Gasteiger partial charge is 0.234 e. The molecule has 23 heavy (non-hydrogen) atoms. The number of ether oxygens (including phenoxy) is 2. The van der Waals surface area contributed by atoms with Crippen LogP contribution in [0.3, 0.4) is 0 Å². The molecular weight excluding hydrogens is 294 g/mol. The van der Waals surface area contributed by atoms with Gasteiger partial charge in [0.2, 0.25) is 11.8 Å². The van der Waals surface area contributed by atoms with Crippen molar-refractivity contribution in [1.82, 2.24) is 15.2 Å². The quantitative estimate of drug-likeness (QED) is 0.817. The zero-order valence-corrected chi connectivity index (χ0v) is 13.2. The van der Waals surface area contributed by atoms with E-state index in [-0.39, 0.29) is 5.91 Å². The van der Waals surface area contributed by atoms with Gasteiger partial charge < -0.3 is 14.8 Å². The first-order chi connectivity index (χ1) is 11.2.